The monoisotopic (exact) mass is 271 g/mol. The van der Waals surface area contributed by atoms with Crippen molar-refractivity contribution in [2.75, 3.05) is 31.8 Å². The van der Waals surface area contributed by atoms with Crippen molar-refractivity contribution in [3.05, 3.63) is 24.3 Å². The SMILES string of the molecule is CSCCCOc1ccc(OCC(O)CN)cc1. The molecule has 0 radical (unpaired) electrons. The van der Waals surface area contributed by atoms with Gasteiger partial charge in [0.1, 0.15) is 24.2 Å². The van der Waals surface area contributed by atoms with E-state index in [1.165, 1.54) is 0 Å². The summed E-state index contributed by atoms with van der Waals surface area (Å²) < 4.78 is 10.9. The Hall–Kier alpha value is -0.910. The molecule has 0 aliphatic heterocycles. The average Bonchev–Trinajstić information content (AvgIpc) is 2.42. The molecule has 1 unspecified atom stereocenters. The smallest absolute Gasteiger partial charge is 0.119 e. The Bertz CT molecular complexity index is 319. The first-order valence-corrected chi connectivity index (χ1v) is 7.38. The summed E-state index contributed by atoms with van der Waals surface area (Å²) in [4.78, 5) is 0. The fourth-order valence-electron chi connectivity index (χ4n) is 1.29. The van der Waals surface area contributed by atoms with Crippen molar-refractivity contribution in [3.8, 4) is 11.5 Å². The lowest BCUT2D eigenvalue weighted by molar-refractivity contribution is 0.114. The molecule has 5 heteroatoms. The summed E-state index contributed by atoms with van der Waals surface area (Å²) in [5.74, 6) is 2.65. The molecule has 4 nitrogen and oxygen atoms in total. The van der Waals surface area contributed by atoms with Crippen LogP contribution in [0.3, 0.4) is 0 Å². The second-order valence-electron chi connectivity index (χ2n) is 3.87. The molecular weight excluding hydrogens is 250 g/mol. The van der Waals surface area contributed by atoms with Crippen LogP contribution in [0.2, 0.25) is 0 Å². The zero-order chi connectivity index (χ0) is 13.2. The van der Waals surface area contributed by atoms with E-state index in [1.54, 1.807) is 0 Å². The minimum Gasteiger partial charge on any atom is -0.494 e. The average molecular weight is 271 g/mol. The second kappa shape index (κ2) is 9.08. The van der Waals surface area contributed by atoms with Crippen LogP contribution in [0, 0.1) is 0 Å². The first-order chi connectivity index (χ1) is 8.76. The number of aliphatic hydroxyl groups excluding tert-OH is 1. The van der Waals surface area contributed by atoms with Crippen molar-refractivity contribution in [3.63, 3.8) is 0 Å². The quantitative estimate of drug-likeness (QED) is 0.667. The summed E-state index contributed by atoms with van der Waals surface area (Å²) in [7, 11) is 0. The summed E-state index contributed by atoms with van der Waals surface area (Å²) >= 11 is 1.82. The standard InChI is InChI=1S/C13H21NO3S/c1-18-8-2-7-16-12-3-5-13(6-4-12)17-10-11(15)9-14/h3-6,11,15H,2,7-10,14H2,1H3. The van der Waals surface area contributed by atoms with E-state index in [0.29, 0.717) is 5.75 Å². The Morgan fingerprint density at radius 1 is 1.22 bits per heavy atom. The van der Waals surface area contributed by atoms with Gasteiger partial charge < -0.3 is 20.3 Å². The topological polar surface area (TPSA) is 64.7 Å². The highest BCUT2D eigenvalue weighted by atomic mass is 32.2. The Kier molecular flexibility index (Phi) is 7.64. The molecule has 0 fully saturated rings. The van der Waals surface area contributed by atoms with E-state index >= 15 is 0 Å². The molecular formula is C13H21NO3S. The fourth-order valence-corrected chi connectivity index (χ4v) is 1.69. The van der Waals surface area contributed by atoms with Crippen LogP contribution in [0.4, 0.5) is 0 Å². The van der Waals surface area contributed by atoms with Crippen molar-refractivity contribution in [1.82, 2.24) is 0 Å². The van der Waals surface area contributed by atoms with Gasteiger partial charge in [0.15, 0.2) is 0 Å². The molecule has 102 valence electrons. The molecule has 0 aliphatic carbocycles. The Morgan fingerprint density at radius 2 is 1.83 bits per heavy atom. The van der Waals surface area contributed by atoms with E-state index in [0.717, 1.165) is 24.5 Å². The molecule has 0 saturated heterocycles. The zero-order valence-corrected chi connectivity index (χ0v) is 11.5. The van der Waals surface area contributed by atoms with Gasteiger partial charge in [-0.05, 0) is 42.7 Å². The number of nitrogens with two attached hydrogens (primary N) is 1. The van der Waals surface area contributed by atoms with Crippen LogP contribution < -0.4 is 15.2 Å². The van der Waals surface area contributed by atoms with Gasteiger partial charge in [0.2, 0.25) is 0 Å². The summed E-state index contributed by atoms with van der Waals surface area (Å²) in [5, 5.41) is 9.26. The third kappa shape index (κ3) is 6.14. The van der Waals surface area contributed by atoms with Gasteiger partial charge in [-0.15, -0.1) is 0 Å². The molecule has 1 rings (SSSR count). The van der Waals surface area contributed by atoms with Crippen molar-refractivity contribution >= 4 is 11.8 Å². The van der Waals surface area contributed by atoms with Gasteiger partial charge in [-0.1, -0.05) is 0 Å². The summed E-state index contributed by atoms with van der Waals surface area (Å²) in [6.07, 6.45) is 2.51. The van der Waals surface area contributed by atoms with Crippen molar-refractivity contribution < 1.29 is 14.6 Å². The van der Waals surface area contributed by atoms with Gasteiger partial charge in [-0.25, -0.2) is 0 Å². The minimum atomic E-state index is -0.618. The van der Waals surface area contributed by atoms with Crippen LogP contribution in [0.1, 0.15) is 6.42 Å². The van der Waals surface area contributed by atoms with Crippen molar-refractivity contribution in [2.45, 2.75) is 12.5 Å². The maximum atomic E-state index is 9.26. The third-order valence-corrected chi connectivity index (χ3v) is 3.00. The molecule has 0 aromatic heterocycles. The van der Waals surface area contributed by atoms with Gasteiger partial charge in [-0.2, -0.15) is 11.8 Å². The number of hydrogen-bond acceptors (Lipinski definition) is 5. The zero-order valence-electron chi connectivity index (χ0n) is 10.7. The first kappa shape index (κ1) is 15.1. The molecule has 0 heterocycles. The van der Waals surface area contributed by atoms with E-state index in [4.69, 9.17) is 15.2 Å². The largest absolute Gasteiger partial charge is 0.494 e. The van der Waals surface area contributed by atoms with Gasteiger partial charge in [-0.3, -0.25) is 0 Å². The lowest BCUT2D eigenvalue weighted by Gasteiger charge is -2.11. The van der Waals surface area contributed by atoms with E-state index in [1.807, 2.05) is 36.0 Å². The molecule has 0 spiro atoms. The molecule has 3 N–H and O–H groups in total. The molecule has 1 aromatic carbocycles. The number of hydrogen-bond donors (Lipinski definition) is 2. The van der Waals surface area contributed by atoms with E-state index in [-0.39, 0.29) is 13.2 Å². The molecule has 0 amide bonds. The van der Waals surface area contributed by atoms with Crippen LogP contribution in [0.25, 0.3) is 0 Å². The Morgan fingerprint density at radius 3 is 2.39 bits per heavy atom. The number of thioether (sulfide) groups is 1. The van der Waals surface area contributed by atoms with Gasteiger partial charge >= 0.3 is 0 Å². The van der Waals surface area contributed by atoms with Gasteiger partial charge in [0.25, 0.3) is 0 Å². The molecule has 1 aromatic rings. The maximum Gasteiger partial charge on any atom is 0.119 e. The van der Waals surface area contributed by atoms with Crippen LogP contribution in [0.15, 0.2) is 24.3 Å². The normalized spacial score (nSPS) is 12.2. The molecule has 1 atom stereocenters. The second-order valence-corrected chi connectivity index (χ2v) is 4.85. The lowest BCUT2D eigenvalue weighted by Crippen LogP contribution is -2.26. The summed E-state index contributed by atoms with van der Waals surface area (Å²) in [6.45, 7) is 1.15. The van der Waals surface area contributed by atoms with E-state index in [9.17, 15) is 5.11 Å². The lowest BCUT2D eigenvalue weighted by atomic mass is 10.3. The fraction of sp³-hybridized carbons (Fsp3) is 0.538. The highest BCUT2D eigenvalue weighted by Gasteiger charge is 2.02. The first-order valence-electron chi connectivity index (χ1n) is 5.99. The number of benzene rings is 1. The predicted octanol–water partition coefficient (Wildman–Crippen LogP) is 1.52. The van der Waals surface area contributed by atoms with E-state index in [2.05, 4.69) is 6.26 Å². The van der Waals surface area contributed by atoms with Crippen molar-refractivity contribution in [1.29, 1.82) is 0 Å². The predicted molar refractivity (Wildman–Crippen MR) is 75.5 cm³/mol. The number of aliphatic hydroxyl groups is 1. The highest BCUT2D eigenvalue weighted by molar-refractivity contribution is 7.98. The summed E-state index contributed by atoms with van der Waals surface area (Å²) in [6, 6.07) is 7.38. The summed E-state index contributed by atoms with van der Waals surface area (Å²) in [5.41, 5.74) is 5.29. The van der Waals surface area contributed by atoms with Gasteiger partial charge in [0.05, 0.1) is 6.61 Å². The van der Waals surface area contributed by atoms with Crippen LogP contribution in [-0.2, 0) is 0 Å². The Labute approximate surface area is 112 Å². The third-order valence-electron chi connectivity index (χ3n) is 2.30. The van der Waals surface area contributed by atoms with Crippen molar-refractivity contribution in [2.24, 2.45) is 5.73 Å². The molecule has 0 saturated carbocycles. The Balaban J connectivity index is 2.28. The maximum absolute atomic E-state index is 9.26. The number of ether oxygens (including phenoxy) is 2. The molecule has 0 bridgehead atoms. The minimum absolute atomic E-state index is 0.205. The van der Waals surface area contributed by atoms with Crippen LogP contribution in [0.5, 0.6) is 11.5 Å². The van der Waals surface area contributed by atoms with Crippen LogP contribution in [-0.4, -0.2) is 43.0 Å². The highest BCUT2D eigenvalue weighted by Crippen LogP contribution is 2.18. The number of rotatable bonds is 9. The van der Waals surface area contributed by atoms with Crippen LogP contribution >= 0.6 is 11.8 Å². The molecule has 18 heavy (non-hydrogen) atoms. The van der Waals surface area contributed by atoms with Gasteiger partial charge in [0, 0.05) is 6.54 Å². The molecule has 0 aliphatic rings. The van der Waals surface area contributed by atoms with E-state index < -0.39 is 6.10 Å².